The van der Waals surface area contributed by atoms with Gasteiger partial charge in [-0.3, -0.25) is 9.69 Å². The molecule has 28 heavy (non-hydrogen) atoms. The zero-order valence-electron chi connectivity index (χ0n) is 17.4. The molecule has 1 aliphatic rings. The van der Waals surface area contributed by atoms with Crippen molar-refractivity contribution in [2.24, 2.45) is 0 Å². The Morgan fingerprint density at radius 3 is 2.25 bits per heavy atom. The number of hydrogen-bond donors (Lipinski definition) is 3. The van der Waals surface area contributed by atoms with E-state index in [9.17, 15) is 9.59 Å². The molecule has 6 heteroatoms. The summed E-state index contributed by atoms with van der Waals surface area (Å²) < 4.78 is 0. The third-order valence-corrected chi connectivity index (χ3v) is 5.39. The van der Waals surface area contributed by atoms with Crippen molar-refractivity contribution in [3.05, 3.63) is 35.4 Å². The van der Waals surface area contributed by atoms with Crippen molar-refractivity contribution in [2.75, 3.05) is 19.6 Å². The van der Waals surface area contributed by atoms with Crippen LogP contribution in [0.1, 0.15) is 63.5 Å². The van der Waals surface area contributed by atoms with E-state index in [0.717, 1.165) is 38.0 Å². The van der Waals surface area contributed by atoms with Crippen LogP contribution in [0.15, 0.2) is 24.3 Å². The van der Waals surface area contributed by atoms with Gasteiger partial charge in [0.1, 0.15) is 0 Å². The van der Waals surface area contributed by atoms with Gasteiger partial charge in [0, 0.05) is 32.1 Å². The number of benzene rings is 1. The van der Waals surface area contributed by atoms with Crippen LogP contribution in [0.4, 0.5) is 4.79 Å². The molecule has 0 unspecified atom stereocenters. The molecule has 0 aromatic heterocycles. The van der Waals surface area contributed by atoms with Crippen molar-refractivity contribution in [2.45, 2.75) is 71.5 Å². The summed E-state index contributed by atoms with van der Waals surface area (Å²) in [5, 5.41) is 8.69. The van der Waals surface area contributed by atoms with Crippen molar-refractivity contribution in [1.82, 2.24) is 20.9 Å². The van der Waals surface area contributed by atoms with Crippen LogP contribution in [-0.2, 0) is 17.9 Å². The van der Waals surface area contributed by atoms with Crippen LogP contribution in [0.3, 0.4) is 0 Å². The highest BCUT2D eigenvalue weighted by atomic mass is 16.2. The van der Waals surface area contributed by atoms with E-state index in [1.165, 1.54) is 24.8 Å². The molecule has 1 aliphatic carbocycles. The third-order valence-electron chi connectivity index (χ3n) is 5.39. The molecule has 6 nitrogen and oxygen atoms in total. The number of carbonyl (C=O) groups excluding carboxylic acids is 2. The van der Waals surface area contributed by atoms with Gasteiger partial charge in [-0.05, 0) is 37.1 Å². The lowest BCUT2D eigenvalue weighted by Gasteiger charge is -2.22. The summed E-state index contributed by atoms with van der Waals surface area (Å²) in [5.41, 5.74) is 2.37. The average molecular weight is 389 g/mol. The number of nitrogens with zero attached hydrogens (tertiary/aromatic N) is 1. The Balaban J connectivity index is 1.60. The fraction of sp³-hybridized carbons (Fsp3) is 0.636. The number of urea groups is 1. The highest BCUT2D eigenvalue weighted by Gasteiger charge is 2.15. The molecule has 0 bridgehead atoms. The lowest BCUT2D eigenvalue weighted by molar-refractivity contribution is -0.121. The Morgan fingerprint density at radius 2 is 1.61 bits per heavy atom. The first-order chi connectivity index (χ1) is 13.6. The number of nitrogens with one attached hydrogen (secondary N) is 3. The first-order valence-electron chi connectivity index (χ1n) is 10.7. The zero-order valence-corrected chi connectivity index (χ0v) is 17.4. The summed E-state index contributed by atoms with van der Waals surface area (Å²) in [7, 11) is 0. The summed E-state index contributed by atoms with van der Waals surface area (Å²) >= 11 is 0. The van der Waals surface area contributed by atoms with Crippen molar-refractivity contribution >= 4 is 11.9 Å². The van der Waals surface area contributed by atoms with E-state index >= 15 is 0 Å². The number of rotatable bonds is 10. The molecule has 1 fully saturated rings. The molecule has 2 rings (SSSR count). The van der Waals surface area contributed by atoms with E-state index in [2.05, 4.69) is 59.0 Å². The van der Waals surface area contributed by atoms with Gasteiger partial charge >= 0.3 is 6.03 Å². The van der Waals surface area contributed by atoms with Crippen molar-refractivity contribution in [1.29, 1.82) is 0 Å². The maximum atomic E-state index is 12.0. The van der Waals surface area contributed by atoms with Gasteiger partial charge in [-0.2, -0.15) is 0 Å². The normalized spacial score (nSPS) is 14.7. The van der Waals surface area contributed by atoms with Gasteiger partial charge in [-0.15, -0.1) is 0 Å². The third kappa shape index (κ3) is 8.30. The van der Waals surface area contributed by atoms with Crippen molar-refractivity contribution < 1.29 is 9.59 Å². The number of carbonyl (C=O) groups is 2. The monoisotopic (exact) mass is 388 g/mol. The molecule has 0 spiro atoms. The molecule has 0 saturated heterocycles. The van der Waals surface area contributed by atoms with Gasteiger partial charge in [0.05, 0.1) is 0 Å². The Hall–Kier alpha value is -2.08. The minimum atomic E-state index is -0.163. The maximum Gasteiger partial charge on any atom is 0.315 e. The summed E-state index contributed by atoms with van der Waals surface area (Å²) in [6.07, 6.45) is 6.04. The second-order valence-corrected chi connectivity index (χ2v) is 7.54. The Bertz CT molecular complexity index is 593. The summed E-state index contributed by atoms with van der Waals surface area (Å²) in [6, 6.07) is 8.49. The highest BCUT2D eigenvalue weighted by Crippen LogP contribution is 2.17. The van der Waals surface area contributed by atoms with Crippen LogP contribution in [0.25, 0.3) is 0 Å². The average Bonchev–Trinajstić information content (AvgIpc) is 2.72. The van der Waals surface area contributed by atoms with E-state index in [0.29, 0.717) is 13.1 Å². The first-order valence-corrected chi connectivity index (χ1v) is 10.7. The van der Waals surface area contributed by atoms with Gasteiger partial charge in [0.2, 0.25) is 5.91 Å². The minimum absolute atomic E-state index is 0.0508. The predicted molar refractivity (Wildman–Crippen MR) is 113 cm³/mol. The zero-order chi connectivity index (χ0) is 20.2. The van der Waals surface area contributed by atoms with Crippen molar-refractivity contribution in [3.63, 3.8) is 0 Å². The van der Waals surface area contributed by atoms with Crippen LogP contribution in [0.5, 0.6) is 0 Å². The molecule has 3 amide bonds. The van der Waals surface area contributed by atoms with Crippen LogP contribution in [0, 0.1) is 0 Å². The van der Waals surface area contributed by atoms with Gasteiger partial charge in [-0.25, -0.2) is 4.79 Å². The fourth-order valence-electron chi connectivity index (χ4n) is 3.53. The van der Waals surface area contributed by atoms with Gasteiger partial charge in [-0.1, -0.05) is 57.4 Å². The van der Waals surface area contributed by atoms with Gasteiger partial charge in [0.25, 0.3) is 0 Å². The van der Waals surface area contributed by atoms with E-state index in [1.54, 1.807) is 0 Å². The van der Waals surface area contributed by atoms with Crippen LogP contribution >= 0.6 is 0 Å². The number of amides is 3. The molecule has 1 aromatic rings. The Morgan fingerprint density at radius 1 is 0.964 bits per heavy atom. The summed E-state index contributed by atoms with van der Waals surface area (Å²) in [6.45, 7) is 8.24. The van der Waals surface area contributed by atoms with Gasteiger partial charge < -0.3 is 16.0 Å². The first kappa shape index (κ1) is 22.2. The number of hydrogen-bond acceptors (Lipinski definition) is 3. The van der Waals surface area contributed by atoms with Crippen molar-refractivity contribution in [3.8, 4) is 0 Å². The quantitative estimate of drug-likeness (QED) is 0.576. The summed E-state index contributed by atoms with van der Waals surface area (Å²) in [4.78, 5) is 26.2. The van der Waals surface area contributed by atoms with Crippen LogP contribution in [0.2, 0.25) is 0 Å². The molecule has 0 atom stereocenters. The molecule has 3 N–H and O–H groups in total. The molecule has 0 radical (unpaired) electrons. The second kappa shape index (κ2) is 12.4. The minimum Gasteiger partial charge on any atom is -0.352 e. The second-order valence-electron chi connectivity index (χ2n) is 7.54. The standard InChI is InChI=1S/C22H36N4O2/c1-3-26(4-2)17-19-12-10-18(11-13-19)16-24-21(27)14-15-23-22(28)25-20-8-6-5-7-9-20/h10-13,20H,3-9,14-17H2,1-2H3,(H,24,27)(H2,23,25,28). The Labute approximate surface area is 169 Å². The SMILES string of the molecule is CCN(CC)Cc1ccc(CNC(=O)CCNC(=O)NC2CCCCC2)cc1. The molecule has 0 heterocycles. The molecular weight excluding hydrogens is 352 g/mol. The van der Waals surface area contributed by atoms with Crippen LogP contribution in [-0.4, -0.2) is 42.5 Å². The van der Waals surface area contributed by atoms with E-state index in [1.807, 2.05) is 0 Å². The molecule has 1 aromatic carbocycles. The molecule has 0 aliphatic heterocycles. The maximum absolute atomic E-state index is 12.0. The van der Waals surface area contributed by atoms with Gasteiger partial charge in [0.15, 0.2) is 0 Å². The topological polar surface area (TPSA) is 73.5 Å². The molecule has 156 valence electrons. The lowest BCUT2D eigenvalue weighted by Crippen LogP contribution is -2.43. The fourth-order valence-corrected chi connectivity index (χ4v) is 3.53. The predicted octanol–water partition coefficient (Wildman–Crippen LogP) is 3.17. The van der Waals surface area contributed by atoms with E-state index < -0.39 is 0 Å². The van der Waals surface area contributed by atoms with E-state index in [-0.39, 0.29) is 24.4 Å². The largest absolute Gasteiger partial charge is 0.352 e. The van der Waals surface area contributed by atoms with Crippen LogP contribution < -0.4 is 16.0 Å². The highest BCUT2D eigenvalue weighted by molar-refractivity contribution is 5.78. The lowest BCUT2D eigenvalue weighted by atomic mass is 9.96. The van der Waals surface area contributed by atoms with E-state index in [4.69, 9.17) is 0 Å². The molecular formula is C22H36N4O2. The smallest absolute Gasteiger partial charge is 0.315 e. The Kier molecular flexibility index (Phi) is 9.83. The molecule has 1 saturated carbocycles. The summed E-state index contributed by atoms with van der Waals surface area (Å²) in [5.74, 6) is -0.0508.